The topological polar surface area (TPSA) is 69.1 Å². The first-order valence-corrected chi connectivity index (χ1v) is 5.89. The Morgan fingerprint density at radius 3 is 2.61 bits per heavy atom. The number of hydrogen-bond donors (Lipinski definition) is 0. The fraction of sp³-hybridized carbons (Fsp3) is 0.462. The second-order valence-corrected chi connectivity index (χ2v) is 4.68. The van der Waals surface area contributed by atoms with Crippen LogP contribution in [0.2, 0.25) is 0 Å². The Labute approximate surface area is 105 Å². The third kappa shape index (κ3) is 2.20. The Kier molecular flexibility index (Phi) is 3.32. The van der Waals surface area contributed by atoms with Crippen LogP contribution in [0, 0.1) is 12.8 Å². The van der Waals surface area contributed by atoms with Gasteiger partial charge in [0.05, 0.1) is 17.7 Å². The van der Waals surface area contributed by atoms with E-state index in [1.165, 1.54) is 6.92 Å². The predicted octanol–water partition coefficient (Wildman–Crippen LogP) is 2.97. The first-order valence-electron chi connectivity index (χ1n) is 5.89. The Morgan fingerprint density at radius 1 is 1.39 bits per heavy atom. The minimum absolute atomic E-state index is 0.0316. The minimum Gasteiger partial charge on any atom is -0.469 e. The fourth-order valence-corrected chi connectivity index (χ4v) is 2.02. The highest BCUT2D eigenvalue weighted by atomic mass is 16.5. The van der Waals surface area contributed by atoms with Crippen molar-refractivity contribution in [2.45, 2.75) is 33.6 Å². The molecule has 0 spiro atoms. The van der Waals surface area contributed by atoms with Crippen molar-refractivity contribution >= 4 is 5.78 Å². The summed E-state index contributed by atoms with van der Waals surface area (Å²) in [5.74, 6) is 1.37. The molecular formula is C13H16N2O3. The van der Waals surface area contributed by atoms with Gasteiger partial charge in [-0.1, -0.05) is 19.0 Å². The lowest BCUT2D eigenvalue weighted by molar-refractivity contribution is -0.119. The quantitative estimate of drug-likeness (QED) is 0.831. The molecule has 1 atom stereocenters. The molecule has 5 heteroatoms. The van der Waals surface area contributed by atoms with E-state index in [4.69, 9.17) is 8.94 Å². The molecule has 18 heavy (non-hydrogen) atoms. The van der Waals surface area contributed by atoms with E-state index < -0.39 is 0 Å². The Bertz CT molecular complexity index is 554. The van der Waals surface area contributed by atoms with Crippen LogP contribution in [0.25, 0.3) is 11.4 Å². The minimum atomic E-state index is -0.349. The van der Waals surface area contributed by atoms with Crippen LogP contribution < -0.4 is 0 Å². The number of aryl methyl sites for hydroxylation is 1. The molecule has 2 aromatic heterocycles. The van der Waals surface area contributed by atoms with Gasteiger partial charge in [0.1, 0.15) is 11.5 Å². The van der Waals surface area contributed by atoms with Crippen molar-refractivity contribution in [2.75, 3.05) is 0 Å². The number of furan rings is 1. The van der Waals surface area contributed by atoms with Crippen LogP contribution in [-0.4, -0.2) is 15.9 Å². The fourth-order valence-electron chi connectivity index (χ4n) is 2.02. The maximum atomic E-state index is 11.6. The zero-order valence-electron chi connectivity index (χ0n) is 10.9. The number of nitrogens with zero attached hydrogens (tertiary/aromatic N) is 2. The van der Waals surface area contributed by atoms with Gasteiger partial charge in [0.25, 0.3) is 0 Å². The number of carbonyl (C=O) groups excluding carboxylic acids is 1. The molecule has 0 radical (unpaired) electrons. The second kappa shape index (κ2) is 4.76. The van der Waals surface area contributed by atoms with Crippen LogP contribution in [0.15, 0.2) is 21.3 Å². The summed E-state index contributed by atoms with van der Waals surface area (Å²) in [5, 5.41) is 3.91. The van der Waals surface area contributed by atoms with E-state index in [0.29, 0.717) is 11.7 Å². The van der Waals surface area contributed by atoms with Gasteiger partial charge in [-0.15, -0.1) is 0 Å². The summed E-state index contributed by atoms with van der Waals surface area (Å²) in [7, 11) is 0. The number of hydrogen-bond acceptors (Lipinski definition) is 5. The summed E-state index contributed by atoms with van der Waals surface area (Å²) in [4.78, 5) is 15.9. The van der Waals surface area contributed by atoms with Crippen LogP contribution in [-0.2, 0) is 4.79 Å². The Balaban J connectivity index is 2.36. The zero-order chi connectivity index (χ0) is 13.3. The molecule has 2 heterocycles. The maximum absolute atomic E-state index is 11.6. The second-order valence-electron chi connectivity index (χ2n) is 4.68. The van der Waals surface area contributed by atoms with E-state index in [9.17, 15) is 4.79 Å². The van der Waals surface area contributed by atoms with Crippen LogP contribution in [0.5, 0.6) is 0 Å². The van der Waals surface area contributed by atoms with Crippen molar-refractivity contribution in [3.63, 3.8) is 0 Å². The molecule has 0 aliphatic heterocycles. The lowest BCUT2D eigenvalue weighted by atomic mass is 9.92. The van der Waals surface area contributed by atoms with Gasteiger partial charge in [0, 0.05) is 0 Å². The molecule has 0 amide bonds. The highest BCUT2D eigenvalue weighted by molar-refractivity contribution is 5.82. The molecule has 0 aromatic carbocycles. The zero-order valence-corrected chi connectivity index (χ0v) is 10.9. The maximum Gasteiger partial charge on any atom is 0.237 e. The van der Waals surface area contributed by atoms with E-state index in [1.54, 1.807) is 12.3 Å². The van der Waals surface area contributed by atoms with E-state index in [-0.39, 0.29) is 17.6 Å². The molecule has 1 unspecified atom stereocenters. The van der Waals surface area contributed by atoms with E-state index in [1.807, 2.05) is 20.8 Å². The highest BCUT2D eigenvalue weighted by Crippen LogP contribution is 2.27. The van der Waals surface area contributed by atoms with E-state index >= 15 is 0 Å². The summed E-state index contributed by atoms with van der Waals surface area (Å²) in [6.45, 7) is 7.28. The summed E-state index contributed by atoms with van der Waals surface area (Å²) in [5.41, 5.74) is 0.788. The number of rotatable bonds is 4. The van der Waals surface area contributed by atoms with Gasteiger partial charge in [-0.2, -0.15) is 4.98 Å². The molecular weight excluding hydrogens is 232 g/mol. The monoisotopic (exact) mass is 248 g/mol. The van der Waals surface area contributed by atoms with E-state index in [0.717, 1.165) is 11.3 Å². The lowest BCUT2D eigenvalue weighted by Crippen LogP contribution is -2.15. The summed E-state index contributed by atoms with van der Waals surface area (Å²) >= 11 is 0. The number of ketones is 1. The lowest BCUT2D eigenvalue weighted by Gasteiger charge is -2.12. The standard InChI is InChI=1S/C13H16N2O3/c1-7(2)11(8(3)16)13-14-12(15-18-13)10-5-6-17-9(10)4/h5-7,11H,1-4H3. The summed E-state index contributed by atoms with van der Waals surface area (Å²) in [6, 6.07) is 1.78. The average molecular weight is 248 g/mol. The SMILES string of the molecule is CC(=O)C(c1nc(-c2ccoc2C)no1)C(C)C. The number of carbonyl (C=O) groups is 1. The molecule has 5 nitrogen and oxygen atoms in total. The Morgan fingerprint density at radius 2 is 2.11 bits per heavy atom. The largest absolute Gasteiger partial charge is 0.469 e. The number of Topliss-reactive ketones (excluding diaryl/α,β-unsaturated/α-hetero) is 1. The molecule has 2 rings (SSSR count). The molecule has 0 bridgehead atoms. The van der Waals surface area contributed by atoms with E-state index in [2.05, 4.69) is 10.1 Å². The normalized spacial score (nSPS) is 12.9. The summed E-state index contributed by atoms with van der Waals surface area (Å²) < 4.78 is 10.4. The summed E-state index contributed by atoms with van der Waals surface area (Å²) in [6.07, 6.45) is 1.58. The highest BCUT2D eigenvalue weighted by Gasteiger charge is 2.27. The van der Waals surface area contributed by atoms with Crippen LogP contribution >= 0.6 is 0 Å². The van der Waals surface area contributed by atoms with Crippen molar-refractivity contribution in [2.24, 2.45) is 5.92 Å². The molecule has 96 valence electrons. The van der Waals surface area contributed by atoms with Crippen molar-refractivity contribution in [3.05, 3.63) is 24.0 Å². The first kappa shape index (κ1) is 12.5. The van der Waals surface area contributed by atoms with Crippen molar-refractivity contribution in [3.8, 4) is 11.4 Å². The molecule has 0 saturated carbocycles. The first-order chi connectivity index (χ1) is 8.50. The molecule has 0 aliphatic rings. The van der Waals surface area contributed by atoms with Crippen LogP contribution in [0.3, 0.4) is 0 Å². The molecule has 2 aromatic rings. The molecule has 0 N–H and O–H groups in total. The molecule has 0 saturated heterocycles. The molecule has 0 aliphatic carbocycles. The third-order valence-electron chi connectivity index (χ3n) is 2.91. The Hall–Kier alpha value is -1.91. The molecule has 0 fully saturated rings. The van der Waals surface area contributed by atoms with Crippen LogP contribution in [0.4, 0.5) is 0 Å². The van der Waals surface area contributed by atoms with Gasteiger partial charge in [0.15, 0.2) is 0 Å². The van der Waals surface area contributed by atoms with Gasteiger partial charge < -0.3 is 8.94 Å². The van der Waals surface area contributed by atoms with Crippen LogP contribution in [0.1, 0.15) is 38.3 Å². The van der Waals surface area contributed by atoms with Gasteiger partial charge in [-0.05, 0) is 25.8 Å². The van der Waals surface area contributed by atoms with Crippen molar-refractivity contribution in [1.82, 2.24) is 10.1 Å². The van der Waals surface area contributed by atoms with Crippen molar-refractivity contribution in [1.29, 1.82) is 0 Å². The van der Waals surface area contributed by atoms with Crippen molar-refractivity contribution < 1.29 is 13.7 Å². The average Bonchev–Trinajstić information content (AvgIpc) is 2.85. The van der Waals surface area contributed by atoms with Gasteiger partial charge in [0.2, 0.25) is 11.7 Å². The van der Waals surface area contributed by atoms with Gasteiger partial charge in [-0.25, -0.2) is 0 Å². The van der Waals surface area contributed by atoms with Gasteiger partial charge >= 0.3 is 0 Å². The third-order valence-corrected chi connectivity index (χ3v) is 2.91. The number of aromatic nitrogens is 2. The predicted molar refractivity (Wildman–Crippen MR) is 65.0 cm³/mol. The smallest absolute Gasteiger partial charge is 0.237 e. The van der Waals surface area contributed by atoms with Gasteiger partial charge in [-0.3, -0.25) is 4.79 Å².